The van der Waals surface area contributed by atoms with Crippen molar-refractivity contribution in [3.63, 3.8) is 0 Å². The maximum atomic E-state index is 11.7. The Balaban J connectivity index is 1.65. The van der Waals surface area contributed by atoms with Crippen molar-refractivity contribution < 1.29 is 4.79 Å². The number of hydrogen-bond donors (Lipinski definition) is 2. The first-order valence-electron chi connectivity index (χ1n) is 5.14. The van der Waals surface area contributed by atoms with E-state index in [2.05, 4.69) is 10.6 Å². The predicted octanol–water partition coefficient (Wildman–Crippen LogP) is 0.614. The van der Waals surface area contributed by atoms with E-state index in [-0.39, 0.29) is 11.9 Å². The molecule has 2 N–H and O–H groups in total. The van der Waals surface area contributed by atoms with Gasteiger partial charge in [0.05, 0.1) is 6.04 Å². The van der Waals surface area contributed by atoms with E-state index in [1.807, 2.05) is 23.5 Å². The van der Waals surface area contributed by atoms with Crippen molar-refractivity contribution in [2.75, 3.05) is 35.4 Å². The number of thioether (sulfide) groups is 3. The molecule has 0 bridgehead atoms. The fourth-order valence-electron chi connectivity index (χ4n) is 1.56. The summed E-state index contributed by atoms with van der Waals surface area (Å²) in [5.41, 5.74) is 0. The SMILES string of the molecule is O=C(NCC1CSCCS1)C1CSCN1. The third-order valence-corrected chi connectivity index (χ3v) is 6.21. The number of rotatable bonds is 3. The second-order valence-electron chi connectivity index (χ2n) is 3.58. The van der Waals surface area contributed by atoms with Crippen LogP contribution in [0, 0.1) is 0 Å². The predicted molar refractivity (Wildman–Crippen MR) is 70.8 cm³/mol. The Morgan fingerprint density at radius 2 is 2.27 bits per heavy atom. The number of carbonyl (C=O) groups excluding carboxylic acids is 1. The molecule has 15 heavy (non-hydrogen) atoms. The molecule has 0 aromatic carbocycles. The summed E-state index contributed by atoms with van der Waals surface area (Å²) < 4.78 is 0. The highest BCUT2D eigenvalue weighted by Gasteiger charge is 2.23. The van der Waals surface area contributed by atoms with Gasteiger partial charge in [0, 0.05) is 40.7 Å². The van der Waals surface area contributed by atoms with Crippen LogP contribution in [0.1, 0.15) is 0 Å². The van der Waals surface area contributed by atoms with Crippen LogP contribution in [0.25, 0.3) is 0 Å². The monoisotopic (exact) mass is 264 g/mol. The zero-order valence-electron chi connectivity index (χ0n) is 8.53. The van der Waals surface area contributed by atoms with Crippen molar-refractivity contribution in [3.05, 3.63) is 0 Å². The number of hydrogen-bond acceptors (Lipinski definition) is 5. The van der Waals surface area contributed by atoms with Gasteiger partial charge in [-0.15, -0.1) is 11.8 Å². The van der Waals surface area contributed by atoms with E-state index in [0.717, 1.165) is 18.2 Å². The van der Waals surface area contributed by atoms with Crippen LogP contribution in [0.3, 0.4) is 0 Å². The van der Waals surface area contributed by atoms with Crippen LogP contribution in [0.2, 0.25) is 0 Å². The highest BCUT2D eigenvalue weighted by atomic mass is 32.2. The zero-order chi connectivity index (χ0) is 10.5. The summed E-state index contributed by atoms with van der Waals surface area (Å²) in [6, 6.07) is 0.0382. The van der Waals surface area contributed by atoms with Gasteiger partial charge in [-0.3, -0.25) is 10.1 Å². The van der Waals surface area contributed by atoms with E-state index >= 15 is 0 Å². The molecule has 0 spiro atoms. The maximum Gasteiger partial charge on any atom is 0.238 e. The molecule has 86 valence electrons. The van der Waals surface area contributed by atoms with Crippen molar-refractivity contribution in [2.45, 2.75) is 11.3 Å². The molecule has 2 unspecified atom stereocenters. The van der Waals surface area contributed by atoms with Crippen LogP contribution in [-0.4, -0.2) is 52.6 Å². The summed E-state index contributed by atoms with van der Waals surface area (Å²) in [7, 11) is 0. The normalized spacial score (nSPS) is 31.5. The number of nitrogens with one attached hydrogen (secondary N) is 2. The van der Waals surface area contributed by atoms with Crippen LogP contribution >= 0.6 is 35.3 Å². The summed E-state index contributed by atoms with van der Waals surface area (Å²) in [6.07, 6.45) is 0. The topological polar surface area (TPSA) is 41.1 Å². The molecule has 0 aromatic heterocycles. The van der Waals surface area contributed by atoms with Crippen molar-refractivity contribution in [2.24, 2.45) is 0 Å². The van der Waals surface area contributed by atoms with Gasteiger partial charge in [0.15, 0.2) is 0 Å². The van der Waals surface area contributed by atoms with Crippen LogP contribution < -0.4 is 10.6 Å². The summed E-state index contributed by atoms with van der Waals surface area (Å²) >= 11 is 5.77. The summed E-state index contributed by atoms with van der Waals surface area (Å²) in [6.45, 7) is 0.833. The fourth-order valence-corrected chi connectivity index (χ4v) is 5.11. The molecule has 2 saturated heterocycles. The average molecular weight is 264 g/mol. The molecule has 2 fully saturated rings. The second-order valence-corrected chi connectivity index (χ2v) is 7.17. The van der Waals surface area contributed by atoms with Crippen LogP contribution in [0.15, 0.2) is 0 Å². The molecule has 2 aliphatic rings. The third kappa shape index (κ3) is 3.76. The van der Waals surface area contributed by atoms with Crippen molar-refractivity contribution >= 4 is 41.2 Å². The van der Waals surface area contributed by atoms with Gasteiger partial charge in [0.25, 0.3) is 0 Å². The van der Waals surface area contributed by atoms with E-state index in [1.165, 1.54) is 17.3 Å². The molecule has 2 aliphatic heterocycles. The second kappa shape index (κ2) is 6.27. The third-order valence-electron chi connectivity index (χ3n) is 2.42. The summed E-state index contributed by atoms with van der Waals surface area (Å²) in [4.78, 5) is 11.7. The van der Waals surface area contributed by atoms with Crippen LogP contribution in [-0.2, 0) is 4.79 Å². The number of amides is 1. The largest absolute Gasteiger partial charge is 0.354 e. The lowest BCUT2D eigenvalue weighted by Crippen LogP contribution is -2.44. The van der Waals surface area contributed by atoms with Crippen molar-refractivity contribution in [3.8, 4) is 0 Å². The molecule has 2 heterocycles. The molecular weight excluding hydrogens is 248 g/mol. The smallest absolute Gasteiger partial charge is 0.238 e. The van der Waals surface area contributed by atoms with E-state index in [0.29, 0.717) is 5.25 Å². The Bertz CT molecular complexity index is 215. The fraction of sp³-hybridized carbons (Fsp3) is 0.889. The zero-order valence-corrected chi connectivity index (χ0v) is 11.0. The van der Waals surface area contributed by atoms with Gasteiger partial charge >= 0.3 is 0 Å². The van der Waals surface area contributed by atoms with Crippen molar-refractivity contribution in [1.29, 1.82) is 0 Å². The first-order valence-corrected chi connectivity index (χ1v) is 8.50. The van der Waals surface area contributed by atoms with Crippen LogP contribution in [0.5, 0.6) is 0 Å². The molecule has 0 saturated carbocycles. The first-order chi connectivity index (χ1) is 7.36. The molecule has 3 nitrogen and oxygen atoms in total. The van der Waals surface area contributed by atoms with Gasteiger partial charge in [0.2, 0.25) is 5.91 Å². The Labute approximate surface area is 103 Å². The Kier molecular flexibility index (Phi) is 5.00. The Morgan fingerprint density at radius 1 is 1.33 bits per heavy atom. The lowest BCUT2D eigenvalue weighted by molar-refractivity contribution is -0.122. The Morgan fingerprint density at radius 3 is 2.93 bits per heavy atom. The summed E-state index contributed by atoms with van der Waals surface area (Å²) in [5.74, 6) is 5.66. The van der Waals surface area contributed by atoms with Gasteiger partial charge in [-0.2, -0.15) is 23.5 Å². The lowest BCUT2D eigenvalue weighted by atomic mass is 10.3. The van der Waals surface area contributed by atoms with Gasteiger partial charge < -0.3 is 5.32 Å². The minimum Gasteiger partial charge on any atom is -0.354 e. The molecule has 6 heteroatoms. The highest BCUT2D eigenvalue weighted by Crippen LogP contribution is 2.23. The molecule has 2 atom stereocenters. The van der Waals surface area contributed by atoms with E-state index in [9.17, 15) is 4.79 Å². The molecule has 0 radical (unpaired) electrons. The van der Waals surface area contributed by atoms with Gasteiger partial charge in [-0.1, -0.05) is 0 Å². The summed E-state index contributed by atoms with van der Waals surface area (Å²) in [5, 5.41) is 6.84. The first kappa shape index (κ1) is 12.0. The Hall–Kier alpha value is 0.480. The lowest BCUT2D eigenvalue weighted by Gasteiger charge is -2.21. The van der Waals surface area contributed by atoms with Crippen LogP contribution in [0.4, 0.5) is 0 Å². The molecule has 2 rings (SSSR count). The number of carbonyl (C=O) groups is 1. The van der Waals surface area contributed by atoms with Gasteiger partial charge in [-0.25, -0.2) is 0 Å². The van der Waals surface area contributed by atoms with Gasteiger partial charge in [-0.05, 0) is 0 Å². The van der Waals surface area contributed by atoms with E-state index in [1.54, 1.807) is 11.8 Å². The van der Waals surface area contributed by atoms with Gasteiger partial charge in [0.1, 0.15) is 0 Å². The molecule has 0 aromatic rings. The van der Waals surface area contributed by atoms with Crippen molar-refractivity contribution in [1.82, 2.24) is 10.6 Å². The quantitative estimate of drug-likeness (QED) is 0.782. The molecule has 0 aliphatic carbocycles. The highest BCUT2D eigenvalue weighted by molar-refractivity contribution is 8.06. The average Bonchev–Trinajstić information content (AvgIpc) is 2.81. The van der Waals surface area contributed by atoms with E-state index in [4.69, 9.17) is 0 Å². The minimum absolute atomic E-state index is 0.0382. The molecular formula is C9H16N2OS3. The maximum absolute atomic E-state index is 11.7. The standard InChI is InChI=1S/C9H16N2OS3/c12-9(8-5-14-6-11-8)10-3-7-4-13-1-2-15-7/h7-8,11H,1-6H2,(H,10,12). The van der Waals surface area contributed by atoms with E-state index < -0.39 is 0 Å². The molecule has 1 amide bonds. The minimum atomic E-state index is 0.0382.